The maximum atomic E-state index is 15.8. The molecule has 4 amide bonds. The lowest BCUT2D eigenvalue weighted by Crippen LogP contribution is -2.78. The van der Waals surface area contributed by atoms with Gasteiger partial charge >= 0.3 is 12.3 Å². The zero-order valence-corrected chi connectivity index (χ0v) is 30.5. The van der Waals surface area contributed by atoms with E-state index < -0.39 is 53.0 Å². The normalized spacial score (nSPS) is 21.2. The highest BCUT2D eigenvalue weighted by Crippen LogP contribution is 2.42. The molecule has 2 aromatic carbocycles. The topological polar surface area (TPSA) is 110 Å². The van der Waals surface area contributed by atoms with Crippen LogP contribution in [0.4, 0.5) is 39.5 Å². The van der Waals surface area contributed by atoms with Gasteiger partial charge in [-0.3, -0.25) is 29.1 Å². The Balaban J connectivity index is 1.13. The molecule has 16 heteroatoms. The minimum atomic E-state index is -4.70. The molecule has 0 aliphatic carbocycles. The van der Waals surface area contributed by atoms with E-state index in [4.69, 9.17) is 4.74 Å². The van der Waals surface area contributed by atoms with Crippen molar-refractivity contribution in [3.05, 3.63) is 96.0 Å². The number of para-hydroxylation sites is 1. The highest BCUT2D eigenvalue weighted by Gasteiger charge is 2.54. The molecule has 0 unspecified atom stereocenters. The number of carbonyl (C=O) groups excluding carboxylic acids is 4. The van der Waals surface area contributed by atoms with Crippen molar-refractivity contribution in [2.45, 2.75) is 37.7 Å². The molecule has 0 N–H and O–H groups in total. The summed E-state index contributed by atoms with van der Waals surface area (Å²) in [6, 6.07) is 14.1. The Kier molecular flexibility index (Phi) is 10.0. The average molecular weight is 764 g/mol. The Labute approximate surface area is 315 Å². The first-order valence-corrected chi connectivity index (χ1v) is 18.0. The smallest absolute Gasteiger partial charge is 0.416 e. The van der Waals surface area contributed by atoms with Gasteiger partial charge in [0.05, 0.1) is 22.5 Å². The van der Waals surface area contributed by atoms with E-state index in [1.807, 2.05) is 30.3 Å². The van der Waals surface area contributed by atoms with Crippen molar-refractivity contribution in [2.75, 3.05) is 74.1 Å². The number of aromatic nitrogens is 1. The molecule has 5 heterocycles. The lowest BCUT2D eigenvalue weighted by atomic mass is 9.85. The van der Waals surface area contributed by atoms with Gasteiger partial charge in [0.25, 0.3) is 0 Å². The number of fused-ring (bicyclic) bond motifs is 2. The van der Waals surface area contributed by atoms with Crippen LogP contribution in [-0.2, 0) is 31.9 Å². The molecule has 1 aromatic heterocycles. The molecule has 4 aliphatic heterocycles. The molecule has 4 aliphatic rings. The zero-order valence-electron chi connectivity index (χ0n) is 30.5. The number of halogens is 4. The first-order valence-electron chi connectivity index (χ1n) is 18.0. The van der Waals surface area contributed by atoms with Crippen LogP contribution in [0, 0.1) is 18.7 Å². The Bertz CT molecular complexity index is 2010. The van der Waals surface area contributed by atoms with Gasteiger partial charge in [0.2, 0.25) is 17.7 Å². The van der Waals surface area contributed by atoms with Crippen molar-refractivity contribution in [3.8, 4) is 0 Å². The molecule has 3 aromatic rings. The lowest BCUT2D eigenvalue weighted by molar-refractivity contribution is -0.145. The quantitative estimate of drug-likeness (QED) is 0.256. The minimum absolute atomic E-state index is 0.0348. The number of alkyl halides is 3. The zero-order chi connectivity index (χ0) is 39.2. The Morgan fingerprint density at radius 3 is 2.47 bits per heavy atom. The van der Waals surface area contributed by atoms with Gasteiger partial charge in [0, 0.05) is 77.4 Å². The van der Waals surface area contributed by atoms with Gasteiger partial charge < -0.3 is 19.4 Å². The van der Waals surface area contributed by atoms with Crippen LogP contribution >= 0.6 is 0 Å². The van der Waals surface area contributed by atoms with Crippen molar-refractivity contribution in [3.63, 3.8) is 0 Å². The molecule has 3 fully saturated rings. The lowest BCUT2D eigenvalue weighted by Gasteiger charge is -2.59. The monoisotopic (exact) mass is 763 g/mol. The Morgan fingerprint density at radius 2 is 1.76 bits per heavy atom. The summed E-state index contributed by atoms with van der Waals surface area (Å²) in [7, 11) is 1.46. The first-order chi connectivity index (χ1) is 26.2. The number of aryl methyl sites for hydroxylation is 1. The van der Waals surface area contributed by atoms with E-state index in [2.05, 4.69) is 16.5 Å². The summed E-state index contributed by atoms with van der Waals surface area (Å²) >= 11 is 0. The average Bonchev–Trinajstić information content (AvgIpc) is 3.47. The fourth-order valence-electron chi connectivity index (χ4n) is 8.28. The SMILES string of the molecule is C=CC(=O)N1CC2(CN(CCN3C[C@H]4CC(=O)N(c5cc(C(F)(F)F)cc(C)n5)[C@@H]4C(=O)N(C)c4cccc(F)c43)CCN2C(=O)OCc2ccccc2)C1. The van der Waals surface area contributed by atoms with Crippen LogP contribution in [-0.4, -0.2) is 114 Å². The molecule has 12 nitrogen and oxygen atoms in total. The number of carbonyl (C=O) groups is 4. The highest BCUT2D eigenvalue weighted by atomic mass is 19.4. The van der Waals surface area contributed by atoms with Crippen molar-refractivity contribution < 1.29 is 41.5 Å². The molecule has 2 atom stereocenters. The predicted octanol–water partition coefficient (Wildman–Crippen LogP) is 4.47. The maximum Gasteiger partial charge on any atom is 0.416 e. The highest BCUT2D eigenvalue weighted by molar-refractivity contribution is 6.10. The van der Waals surface area contributed by atoms with Gasteiger partial charge in [-0.15, -0.1) is 0 Å². The summed E-state index contributed by atoms with van der Waals surface area (Å²) in [6.07, 6.45) is -4.13. The van der Waals surface area contributed by atoms with Crippen LogP contribution in [0.5, 0.6) is 0 Å². The van der Waals surface area contributed by atoms with E-state index in [0.717, 1.165) is 22.6 Å². The third kappa shape index (κ3) is 7.22. The van der Waals surface area contributed by atoms with E-state index in [9.17, 15) is 32.3 Å². The van der Waals surface area contributed by atoms with Crippen molar-refractivity contribution >= 4 is 41.0 Å². The van der Waals surface area contributed by atoms with E-state index in [1.165, 1.54) is 37.1 Å². The first kappa shape index (κ1) is 37.8. The van der Waals surface area contributed by atoms with Crippen LogP contribution < -0.4 is 14.7 Å². The second-order valence-corrected chi connectivity index (χ2v) is 14.6. The number of likely N-dealkylation sites (N-methyl/N-ethyl adjacent to an activating group) is 1. The van der Waals surface area contributed by atoms with Crippen molar-refractivity contribution in [1.29, 1.82) is 0 Å². The molecule has 55 heavy (non-hydrogen) atoms. The molecule has 290 valence electrons. The van der Waals surface area contributed by atoms with Gasteiger partial charge in [-0.1, -0.05) is 43.0 Å². The molecule has 0 saturated carbocycles. The molecular formula is C39H41F4N7O5. The second kappa shape index (κ2) is 14.6. The number of piperazine rings is 1. The maximum absolute atomic E-state index is 15.8. The summed E-state index contributed by atoms with van der Waals surface area (Å²) in [4.78, 5) is 67.5. The second-order valence-electron chi connectivity index (χ2n) is 14.6. The number of benzene rings is 2. The van der Waals surface area contributed by atoms with Gasteiger partial charge in [0.15, 0.2) is 0 Å². The number of hydrogen-bond donors (Lipinski definition) is 0. The minimum Gasteiger partial charge on any atom is -0.445 e. The molecule has 0 bridgehead atoms. The van der Waals surface area contributed by atoms with Crippen LogP contribution in [0.25, 0.3) is 0 Å². The molecule has 1 spiro atoms. The summed E-state index contributed by atoms with van der Waals surface area (Å²) in [5.41, 5.74) is -0.443. The van der Waals surface area contributed by atoms with Gasteiger partial charge in [0.1, 0.15) is 24.3 Å². The number of likely N-dealkylation sites (tertiary alicyclic amines) is 1. The summed E-state index contributed by atoms with van der Waals surface area (Å²) < 4.78 is 63.0. The molecular weight excluding hydrogens is 722 g/mol. The van der Waals surface area contributed by atoms with E-state index in [0.29, 0.717) is 26.2 Å². The van der Waals surface area contributed by atoms with Crippen LogP contribution in [0.1, 0.15) is 23.2 Å². The van der Waals surface area contributed by atoms with E-state index >= 15 is 4.39 Å². The van der Waals surface area contributed by atoms with Gasteiger partial charge in [-0.2, -0.15) is 13.2 Å². The third-order valence-electron chi connectivity index (χ3n) is 10.9. The third-order valence-corrected chi connectivity index (χ3v) is 10.9. The fourth-order valence-corrected chi connectivity index (χ4v) is 8.28. The van der Waals surface area contributed by atoms with Crippen LogP contribution in [0.15, 0.2) is 73.3 Å². The number of anilines is 3. The number of pyridine rings is 1. The number of nitrogens with zero attached hydrogens (tertiary/aromatic N) is 7. The van der Waals surface area contributed by atoms with Gasteiger partial charge in [-0.05, 0) is 42.8 Å². The molecule has 3 saturated heterocycles. The fraction of sp³-hybridized carbons (Fsp3) is 0.410. The van der Waals surface area contributed by atoms with Gasteiger partial charge in [-0.25, -0.2) is 14.2 Å². The molecule has 7 rings (SSSR count). The number of rotatable bonds is 7. The predicted molar refractivity (Wildman–Crippen MR) is 195 cm³/mol. The summed E-state index contributed by atoms with van der Waals surface area (Å²) in [6.45, 7) is 7.45. The van der Waals surface area contributed by atoms with Crippen LogP contribution in [0.3, 0.4) is 0 Å². The number of ether oxygens (including phenoxy) is 1. The number of amides is 4. The Morgan fingerprint density at radius 1 is 1.02 bits per heavy atom. The van der Waals surface area contributed by atoms with E-state index in [-0.39, 0.29) is 68.0 Å². The van der Waals surface area contributed by atoms with E-state index in [1.54, 1.807) is 20.8 Å². The molecule has 0 radical (unpaired) electrons. The summed E-state index contributed by atoms with van der Waals surface area (Å²) in [5, 5.41) is 0. The standard InChI is InChI=1S/C39H41F4N7O5/c1-4-32(51)48-23-38(24-48)22-46(14-16-49(38)37(54)55-21-26-9-6-5-7-10-26)13-15-47-20-27-18-33(52)50(31-19-28(39(41,42)43)17-25(2)44-31)34(27)36(53)45(3)30-12-8-11-29(40)35(30)47/h4-12,17,19,27,34H,1,13-16,18,20-24H2,2-3H3/t27-,34+/m1/s1. The summed E-state index contributed by atoms with van der Waals surface area (Å²) in [5.74, 6) is -2.94. The van der Waals surface area contributed by atoms with Crippen LogP contribution in [0.2, 0.25) is 0 Å². The largest absolute Gasteiger partial charge is 0.445 e. The number of hydrogen-bond acceptors (Lipinski definition) is 8. The Hall–Kier alpha value is -5.51. The van der Waals surface area contributed by atoms with Crippen molar-refractivity contribution in [1.82, 2.24) is 19.7 Å². The van der Waals surface area contributed by atoms with Crippen molar-refractivity contribution in [2.24, 2.45) is 5.92 Å².